The minimum Gasteiger partial charge on any atom is -0.317 e. The zero-order valence-electron chi connectivity index (χ0n) is 12.4. The summed E-state index contributed by atoms with van der Waals surface area (Å²) >= 11 is 0. The Labute approximate surface area is 119 Å². The summed E-state index contributed by atoms with van der Waals surface area (Å²) in [5.41, 5.74) is 0. The topological polar surface area (TPSA) is 66.4 Å². The van der Waals surface area contributed by atoms with Crippen molar-refractivity contribution >= 4 is 10.1 Å². The van der Waals surface area contributed by atoms with Gasteiger partial charge in [-0.3, -0.25) is 4.55 Å². The van der Waals surface area contributed by atoms with E-state index in [2.05, 4.69) is 12.2 Å². The van der Waals surface area contributed by atoms with E-state index < -0.39 is 10.1 Å². The lowest BCUT2D eigenvalue weighted by Gasteiger charge is -2.04. The minimum absolute atomic E-state index is 0.141. The van der Waals surface area contributed by atoms with Gasteiger partial charge in [0.25, 0.3) is 10.1 Å². The highest BCUT2D eigenvalue weighted by Gasteiger charge is 2.02. The molecule has 0 aromatic rings. The second-order valence-electron chi connectivity index (χ2n) is 5.22. The third-order valence-corrected chi connectivity index (χ3v) is 4.02. The van der Waals surface area contributed by atoms with Crippen LogP contribution in [0.1, 0.15) is 71.1 Å². The van der Waals surface area contributed by atoms with Gasteiger partial charge in [-0.2, -0.15) is 8.42 Å². The van der Waals surface area contributed by atoms with Gasteiger partial charge in [-0.1, -0.05) is 58.3 Å². The Hall–Kier alpha value is -0.130. The molecule has 19 heavy (non-hydrogen) atoms. The molecule has 0 atom stereocenters. The third-order valence-electron chi connectivity index (χ3n) is 3.21. The molecule has 5 heteroatoms. The molecule has 0 fully saturated rings. The summed E-state index contributed by atoms with van der Waals surface area (Å²) in [4.78, 5) is 0. The Bertz CT molecular complexity index is 278. The normalized spacial score (nSPS) is 11.9. The Morgan fingerprint density at radius 1 is 0.789 bits per heavy atom. The molecule has 0 amide bonds. The Kier molecular flexibility index (Phi) is 12.8. The quantitative estimate of drug-likeness (QED) is 0.380. The van der Waals surface area contributed by atoms with Gasteiger partial charge in [-0.15, -0.1) is 0 Å². The highest BCUT2D eigenvalue weighted by atomic mass is 32.2. The van der Waals surface area contributed by atoms with Crippen molar-refractivity contribution in [3.63, 3.8) is 0 Å². The highest BCUT2D eigenvalue weighted by molar-refractivity contribution is 7.85. The van der Waals surface area contributed by atoms with Crippen molar-refractivity contribution < 1.29 is 13.0 Å². The molecule has 0 heterocycles. The summed E-state index contributed by atoms with van der Waals surface area (Å²) in [6, 6.07) is 0. The standard InChI is InChI=1S/C14H31NO3S/c1-2-3-4-5-6-7-8-9-10-12-15-13-11-14-19(16,17)18/h15H,2-14H2,1H3,(H,16,17,18). The maximum absolute atomic E-state index is 10.5. The zero-order valence-corrected chi connectivity index (χ0v) is 13.2. The molecule has 0 aromatic heterocycles. The smallest absolute Gasteiger partial charge is 0.264 e. The summed E-state index contributed by atoms with van der Waals surface area (Å²) in [6.07, 6.45) is 12.3. The first-order valence-electron chi connectivity index (χ1n) is 7.72. The lowest BCUT2D eigenvalue weighted by Crippen LogP contribution is -2.19. The fourth-order valence-corrected chi connectivity index (χ4v) is 2.57. The molecular weight excluding hydrogens is 262 g/mol. The van der Waals surface area contributed by atoms with E-state index in [9.17, 15) is 8.42 Å². The average molecular weight is 293 g/mol. The van der Waals surface area contributed by atoms with Crippen LogP contribution in [0.5, 0.6) is 0 Å². The van der Waals surface area contributed by atoms with Crippen LogP contribution in [0, 0.1) is 0 Å². The van der Waals surface area contributed by atoms with Gasteiger partial charge < -0.3 is 5.32 Å². The predicted molar refractivity (Wildman–Crippen MR) is 81.1 cm³/mol. The molecule has 0 radical (unpaired) electrons. The molecule has 4 nitrogen and oxygen atoms in total. The molecule has 0 aromatic carbocycles. The van der Waals surface area contributed by atoms with Crippen molar-refractivity contribution in [2.75, 3.05) is 18.8 Å². The first-order valence-corrected chi connectivity index (χ1v) is 9.33. The second kappa shape index (κ2) is 12.9. The van der Waals surface area contributed by atoms with Crippen LogP contribution in [0.15, 0.2) is 0 Å². The fourth-order valence-electron chi connectivity index (χ4n) is 2.07. The monoisotopic (exact) mass is 293 g/mol. The maximum Gasteiger partial charge on any atom is 0.264 e. The number of hydrogen-bond donors (Lipinski definition) is 2. The van der Waals surface area contributed by atoms with Gasteiger partial charge in [-0.05, 0) is 25.9 Å². The first kappa shape index (κ1) is 18.9. The molecule has 2 N–H and O–H groups in total. The molecule has 0 aliphatic heterocycles. The van der Waals surface area contributed by atoms with E-state index in [0.29, 0.717) is 13.0 Å². The van der Waals surface area contributed by atoms with Crippen LogP contribution in [-0.2, 0) is 10.1 Å². The van der Waals surface area contributed by atoms with Crippen molar-refractivity contribution in [2.45, 2.75) is 71.1 Å². The number of unbranched alkanes of at least 4 members (excludes halogenated alkanes) is 8. The Balaban J connectivity index is 3.03. The van der Waals surface area contributed by atoms with Crippen molar-refractivity contribution in [3.8, 4) is 0 Å². The summed E-state index contributed by atoms with van der Waals surface area (Å²) in [7, 11) is -3.78. The SMILES string of the molecule is CCCCCCCCCCCNCCCS(=O)(=O)O. The molecule has 0 aliphatic rings. The van der Waals surface area contributed by atoms with Crippen LogP contribution < -0.4 is 5.32 Å². The van der Waals surface area contributed by atoms with Gasteiger partial charge in [-0.25, -0.2) is 0 Å². The van der Waals surface area contributed by atoms with Crippen LogP contribution in [0.2, 0.25) is 0 Å². The van der Waals surface area contributed by atoms with Crippen LogP contribution in [0.25, 0.3) is 0 Å². The molecule has 116 valence electrons. The van der Waals surface area contributed by atoms with E-state index in [4.69, 9.17) is 4.55 Å². The summed E-state index contributed by atoms with van der Waals surface area (Å²) in [5.74, 6) is -0.141. The molecule has 0 rings (SSSR count). The first-order chi connectivity index (χ1) is 9.06. The third kappa shape index (κ3) is 17.9. The van der Waals surface area contributed by atoms with Crippen LogP contribution in [0.3, 0.4) is 0 Å². The molecule has 0 saturated heterocycles. The largest absolute Gasteiger partial charge is 0.317 e. The van der Waals surface area contributed by atoms with Crippen molar-refractivity contribution in [2.24, 2.45) is 0 Å². The van der Waals surface area contributed by atoms with E-state index in [1.807, 2.05) is 0 Å². The summed E-state index contributed by atoms with van der Waals surface area (Å²) in [6.45, 7) is 3.85. The lowest BCUT2D eigenvalue weighted by atomic mass is 10.1. The van der Waals surface area contributed by atoms with Crippen molar-refractivity contribution in [3.05, 3.63) is 0 Å². The Morgan fingerprint density at radius 2 is 1.26 bits per heavy atom. The van der Waals surface area contributed by atoms with E-state index in [1.165, 1.54) is 51.4 Å². The maximum atomic E-state index is 10.5. The number of nitrogens with one attached hydrogen (secondary N) is 1. The summed E-state index contributed by atoms with van der Waals surface area (Å²) in [5, 5.41) is 3.20. The minimum atomic E-state index is -3.78. The molecular formula is C14H31NO3S. The fraction of sp³-hybridized carbons (Fsp3) is 1.00. The van der Waals surface area contributed by atoms with Gasteiger partial charge in [0.15, 0.2) is 0 Å². The molecule has 0 saturated carbocycles. The molecule has 0 bridgehead atoms. The molecule has 0 spiro atoms. The van der Waals surface area contributed by atoms with Crippen LogP contribution in [-0.4, -0.2) is 31.8 Å². The van der Waals surface area contributed by atoms with E-state index >= 15 is 0 Å². The molecule has 0 aliphatic carbocycles. The van der Waals surface area contributed by atoms with Gasteiger partial charge in [0.05, 0.1) is 5.75 Å². The van der Waals surface area contributed by atoms with Crippen molar-refractivity contribution in [1.82, 2.24) is 5.32 Å². The van der Waals surface area contributed by atoms with E-state index in [1.54, 1.807) is 0 Å². The van der Waals surface area contributed by atoms with E-state index in [0.717, 1.165) is 13.0 Å². The van der Waals surface area contributed by atoms with Gasteiger partial charge in [0, 0.05) is 0 Å². The number of rotatable bonds is 14. The van der Waals surface area contributed by atoms with Crippen molar-refractivity contribution in [1.29, 1.82) is 0 Å². The second-order valence-corrected chi connectivity index (χ2v) is 6.79. The predicted octanol–water partition coefficient (Wildman–Crippen LogP) is 3.38. The highest BCUT2D eigenvalue weighted by Crippen LogP contribution is 2.09. The lowest BCUT2D eigenvalue weighted by molar-refractivity contribution is 0.479. The van der Waals surface area contributed by atoms with Gasteiger partial charge >= 0.3 is 0 Å². The molecule has 0 unspecified atom stereocenters. The summed E-state index contributed by atoms with van der Waals surface area (Å²) < 4.78 is 29.5. The Morgan fingerprint density at radius 3 is 1.79 bits per heavy atom. The zero-order chi connectivity index (χ0) is 14.4. The van der Waals surface area contributed by atoms with Gasteiger partial charge in [0.2, 0.25) is 0 Å². The van der Waals surface area contributed by atoms with Crippen LogP contribution >= 0.6 is 0 Å². The average Bonchev–Trinajstić information content (AvgIpc) is 2.34. The number of hydrogen-bond acceptors (Lipinski definition) is 3. The van der Waals surface area contributed by atoms with E-state index in [-0.39, 0.29) is 5.75 Å². The van der Waals surface area contributed by atoms with Crippen LogP contribution in [0.4, 0.5) is 0 Å². The van der Waals surface area contributed by atoms with Gasteiger partial charge in [0.1, 0.15) is 0 Å².